The molecular formula is C37H59O6PSi. The number of hydrogen-bond acceptors (Lipinski definition) is 4. The molecule has 8 heteroatoms. The van der Waals surface area contributed by atoms with Gasteiger partial charge in [-0.2, -0.15) is 0 Å². The number of carbonyl (C=O) groups excluding carboxylic acids is 1. The third-order valence-corrected chi connectivity index (χ3v) is 14.2. The van der Waals surface area contributed by atoms with Gasteiger partial charge in [0.2, 0.25) is 0 Å². The smallest absolute Gasteiger partial charge is 0.328 e. The Bertz CT molecular complexity index is 1100. The average molecular weight is 659 g/mol. The zero-order valence-corrected chi connectivity index (χ0v) is 30.2. The minimum atomic E-state index is -4.46. The topological polar surface area (TPSA) is 93.1 Å². The van der Waals surface area contributed by atoms with Crippen LogP contribution in [0.1, 0.15) is 118 Å². The SMILES string of the molecule is CCCCCCCC/C=C\CCCCCCCC(=O)OCC(CP(=O)(O)O)O[Si](c1ccccc1)(c1ccccc1)C(C)(C)C. The predicted molar refractivity (Wildman–Crippen MR) is 190 cm³/mol. The van der Waals surface area contributed by atoms with Crippen LogP contribution in [0.15, 0.2) is 72.8 Å². The van der Waals surface area contributed by atoms with Crippen molar-refractivity contribution in [2.45, 2.75) is 129 Å². The third kappa shape index (κ3) is 15.0. The Balaban J connectivity index is 1.87. The maximum absolute atomic E-state index is 12.7. The van der Waals surface area contributed by atoms with Crippen molar-refractivity contribution in [3.63, 3.8) is 0 Å². The number of carbonyl (C=O) groups is 1. The van der Waals surface area contributed by atoms with Crippen LogP contribution in [-0.4, -0.2) is 42.9 Å². The van der Waals surface area contributed by atoms with Crippen LogP contribution in [0.3, 0.4) is 0 Å². The molecule has 0 heterocycles. The van der Waals surface area contributed by atoms with Gasteiger partial charge in [-0.15, -0.1) is 0 Å². The molecule has 2 rings (SSSR count). The van der Waals surface area contributed by atoms with Gasteiger partial charge in [-0.3, -0.25) is 9.36 Å². The van der Waals surface area contributed by atoms with Gasteiger partial charge < -0.3 is 18.9 Å². The van der Waals surface area contributed by atoms with Crippen molar-refractivity contribution in [3.8, 4) is 0 Å². The first-order chi connectivity index (χ1) is 21.5. The molecule has 0 aliphatic carbocycles. The fourth-order valence-corrected chi connectivity index (χ4v) is 11.4. The van der Waals surface area contributed by atoms with E-state index in [0.717, 1.165) is 42.5 Å². The predicted octanol–water partition coefficient (Wildman–Crippen LogP) is 8.69. The highest BCUT2D eigenvalue weighted by Crippen LogP contribution is 2.41. The van der Waals surface area contributed by atoms with Crippen LogP contribution in [0, 0.1) is 0 Å². The number of allylic oxidation sites excluding steroid dienone is 2. The Morgan fingerprint density at radius 3 is 1.71 bits per heavy atom. The van der Waals surface area contributed by atoms with Crippen molar-refractivity contribution >= 4 is 32.3 Å². The minimum Gasteiger partial charge on any atom is -0.463 e. The molecule has 2 N–H and O–H groups in total. The van der Waals surface area contributed by atoms with Crippen LogP contribution in [-0.2, 0) is 18.5 Å². The highest BCUT2D eigenvalue weighted by atomic mass is 31.2. The van der Waals surface area contributed by atoms with Crippen molar-refractivity contribution in [2.75, 3.05) is 12.8 Å². The van der Waals surface area contributed by atoms with Gasteiger partial charge in [0, 0.05) is 6.42 Å². The van der Waals surface area contributed by atoms with Crippen molar-refractivity contribution in [3.05, 3.63) is 72.8 Å². The number of esters is 1. The first kappa shape index (κ1) is 39.2. The van der Waals surface area contributed by atoms with E-state index in [-0.39, 0.29) is 17.6 Å². The summed E-state index contributed by atoms with van der Waals surface area (Å²) in [6, 6.07) is 19.8. The fourth-order valence-electron chi connectivity index (χ4n) is 5.93. The molecule has 0 saturated carbocycles. The molecule has 252 valence electrons. The van der Waals surface area contributed by atoms with Gasteiger partial charge in [-0.05, 0) is 47.5 Å². The van der Waals surface area contributed by atoms with Crippen molar-refractivity contribution in [1.82, 2.24) is 0 Å². The van der Waals surface area contributed by atoms with Crippen LogP contribution in [0.5, 0.6) is 0 Å². The summed E-state index contributed by atoms with van der Waals surface area (Å²) in [6.07, 6.45) is 18.9. The quantitative estimate of drug-likeness (QED) is 0.0408. The molecule has 2 aromatic carbocycles. The number of ether oxygens (including phenoxy) is 1. The third-order valence-electron chi connectivity index (χ3n) is 8.27. The molecule has 0 aromatic heterocycles. The number of benzene rings is 2. The molecule has 0 aliphatic heterocycles. The van der Waals surface area contributed by atoms with E-state index in [1.165, 1.54) is 51.4 Å². The molecule has 0 fully saturated rings. The van der Waals surface area contributed by atoms with E-state index in [2.05, 4.69) is 39.8 Å². The second kappa shape index (κ2) is 21.0. The van der Waals surface area contributed by atoms with E-state index in [4.69, 9.17) is 9.16 Å². The summed E-state index contributed by atoms with van der Waals surface area (Å²) in [5.74, 6) is -0.352. The van der Waals surface area contributed by atoms with Gasteiger partial charge in [0.15, 0.2) is 0 Å². The van der Waals surface area contributed by atoms with Crippen molar-refractivity contribution < 1.29 is 28.3 Å². The number of rotatable bonds is 23. The molecule has 0 saturated heterocycles. The van der Waals surface area contributed by atoms with E-state index in [9.17, 15) is 19.1 Å². The summed E-state index contributed by atoms with van der Waals surface area (Å²) in [7, 11) is -7.54. The lowest BCUT2D eigenvalue weighted by Gasteiger charge is -2.45. The molecule has 0 radical (unpaired) electrons. The lowest BCUT2D eigenvalue weighted by atomic mass is 10.1. The van der Waals surface area contributed by atoms with Crippen molar-refractivity contribution in [2.24, 2.45) is 0 Å². The summed E-state index contributed by atoms with van der Waals surface area (Å²) < 4.78 is 24.7. The standard InChI is InChI=1S/C37H59O6PSi/c1-5-6-7-8-9-10-11-12-13-14-15-16-17-18-25-30-36(38)42-31-33(32-44(39,40)41)43-45(37(2,3)4,34-26-21-19-22-27-34)35-28-23-20-24-29-35/h12-13,19-24,26-29,33H,5-11,14-18,25,30-32H2,1-4H3,(H2,39,40,41)/b13-12-. The lowest BCUT2D eigenvalue weighted by molar-refractivity contribution is -0.146. The number of unbranched alkanes of at least 4 members (excludes halogenated alkanes) is 11. The lowest BCUT2D eigenvalue weighted by Crippen LogP contribution is -2.68. The molecule has 2 aromatic rings. The first-order valence-electron chi connectivity index (χ1n) is 17.1. The Morgan fingerprint density at radius 1 is 0.778 bits per heavy atom. The Hall–Kier alpha value is -2.02. The number of hydrogen-bond donors (Lipinski definition) is 2. The average Bonchev–Trinajstić information content (AvgIpc) is 3.00. The van der Waals surface area contributed by atoms with Gasteiger partial charge in [0.05, 0.1) is 12.3 Å². The summed E-state index contributed by atoms with van der Waals surface area (Å²) in [6.45, 7) is 8.37. The molecule has 1 unspecified atom stereocenters. The monoisotopic (exact) mass is 658 g/mol. The van der Waals surface area contributed by atoms with Gasteiger partial charge in [0.25, 0.3) is 8.32 Å². The van der Waals surface area contributed by atoms with E-state index < -0.39 is 28.2 Å². The summed E-state index contributed by atoms with van der Waals surface area (Å²) in [4.78, 5) is 32.6. The zero-order chi connectivity index (χ0) is 33.0. The van der Waals surface area contributed by atoms with Crippen molar-refractivity contribution in [1.29, 1.82) is 0 Å². The van der Waals surface area contributed by atoms with E-state index in [1.54, 1.807) is 0 Å². The fraction of sp³-hybridized carbons (Fsp3) is 0.595. The highest BCUT2D eigenvalue weighted by molar-refractivity contribution is 7.51. The second-order valence-corrected chi connectivity index (χ2v) is 19.2. The maximum Gasteiger partial charge on any atom is 0.328 e. The molecule has 0 amide bonds. The summed E-state index contributed by atoms with van der Waals surface area (Å²) in [5.41, 5.74) is 0. The highest BCUT2D eigenvalue weighted by Gasteiger charge is 2.52. The molecule has 1 atom stereocenters. The normalized spacial score (nSPS) is 13.3. The van der Waals surface area contributed by atoms with E-state index in [0.29, 0.717) is 6.42 Å². The minimum absolute atomic E-state index is 0.195. The van der Waals surface area contributed by atoms with Crippen LogP contribution in [0.4, 0.5) is 0 Å². The van der Waals surface area contributed by atoms with Crippen LogP contribution in [0.2, 0.25) is 5.04 Å². The molecule has 6 nitrogen and oxygen atoms in total. The van der Waals surface area contributed by atoms with Gasteiger partial charge >= 0.3 is 13.6 Å². The Morgan fingerprint density at radius 2 is 1.24 bits per heavy atom. The van der Waals surface area contributed by atoms with Gasteiger partial charge in [-0.1, -0.05) is 152 Å². The zero-order valence-electron chi connectivity index (χ0n) is 28.3. The Kier molecular flexibility index (Phi) is 18.2. The second-order valence-electron chi connectivity index (χ2n) is 13.3. The van der Waals surface area contributed by atoms with Gasteiger partial charge in [-0.25, -0.2) is 0 Å². The summed E-state index contributed by atoms with van der Waals surface area (Å²) in [5, 5.41) is 1.62. The Labute approximate surface area is 274 Å². The van der Waals surface area contributed by atoms with E-state index >= 15 is 0 Å². The first-order valence-corrected chi connectivity index (χ1v) is 20.8. The van der Waals surface area contributed by atoms with Crippen LogP contribution in [0.25, 0.3) is 0 Å². The maximum atomic E-state index is 12.7. The van der Waals surface area contributed by atoms with Crippen LogP contribution < -0.4 is 10.4 Å². The molecule has 0 spiro atoms. The molecule has 0 aliphatic rings. The van der Waals surface area contributed by atoms with Crippen LogP contribution >= 0.6 is 7.60 Å². The molecule has 0 bridgehead atoms. The molecular weight excluding hydrogens is 599 g/mol. The largest absolute Gasteiger partial charge is 0.463 e. The van der Waals surface area contributed by atoms with Gasteiger partial charge in [0.1, 0.15) is 6.61 Å². The summed E-state index contributed by atoms with van der Waals surface area (Å²) >= 11 is 0. The molecule has 45 heavy (non-hydrogen) atoms. The van der Waals surface area contributed by atoms with E-state index in [1.807, 2.05) is 60.7 Å².